The van der Waals surface area contributed by atoms with Crippen LogP contribution in [0.5, 0.6) is 11.5 Å². The largest absolute Gasteiger partial charge is 0.493 e. The Morgan fingerprint density at radius 1 is 1.19 bits per heavy atom. The van der Waals surface area contributed by atoms with Crippen molar-refractivity contribution in [3.63, 3.8) is 0 Å². The van der Waals surface area contributed by atoms with E-state index in [1.165, 1.54) is 38.4 Å². The third-order valence-corrected chi connectivity index (χ3v) is 4.42. The number of likely N-dealkylation sites (tertiary alicyclic amines) is 1. The Balaban J connectivity index is 2.29. The van der Waals surface area contributed by atoms with E-state index < -0.39 is 23.4 Å². The summed E-state index contributed by atoms with van der Waals surface area (Å²) in [4.78, 5) is 37.1. The minimum Gasteiger partial charge on any atom is -0.493 e. The Hall–Kier alpha value is -2.97. The van der Waals surface area contributed by atoms with Crippen molar-refractivity contribution in [2.45, 2.75) is 13.3 Å². The lowest BCUT2D eigenvalue weighted by molar-refractivity contribution is -0.146. The molecule has 1 unspecified atom stereocenters. The number of hydrogen-bond donors (Lipinski definition) is 2. The summed E-state index contributed by atoms with van der Waals surface area (Å²) in [5.74, 6) is -1.04. The third kappa shape index (κ3) is 3.66. The minimum absolute atomic E-state index is 0.0876. The van der Waals surface area contributed by atoms with E-state index in [4.69, 9.17) is 14.2 Å². The number of nitrogens with zero attached hydrogens (tertiary/aromatic N) is 1. The van der Waals surface area contributed by atoms with Gasteiger partial charge in [-0.15, -0.1) is 0 Å². The van der Waals surface area contributed by atoms with E-state index >= 15 is 0 Å². The number of rotatable bonds is 5. The zero-order chi connectivity index (χ0) is 19.5. The quantitative estimate of drug-likeness (QED) is 0.764. The van der Waals surface area contributed by atoms with Crippen molar-refractivity contribution in [1.29, 1.82) is 0 Å². The molecular weight excluding hydrogens is 344 g/mol. The topological polar surface area (TPSA) is 114 Å². The van der Waals surface area contributed by atoms with E-state index in [-0.39, 0.29) is 29.3 Å². The highest BCUT2D eigenvalue weighted by molar-refractivity contribution is 5.97. The Labute approximate surface area is 150 Å². The van der Waals surface area contributed by atoms with Gasteiger partial charge in [-0.2, -0.15) is 0 Å². The highest BCUT2D eigenvalue weighted by Gasteiger charge is 2.42. The summed E-state index contributed by atoms with van der Waals surface area (Å²) in [6.07, 6.45) is 0.360. The molecule has 1 aromatic rings. The first-order valence-electron chi connectivity index (χ1n) is 7.89. The first-order valence-corrected chi connectivity index (χ1v) is 7.89. The highest BCUT2D eigenvalue weighted by Crippen LogP contribution is 2.37. The fourth-order valence-electron chi connectivity index (χ4n) is 2.80. The predicted molar refractivity (Wildman–Crippen MR) is 91.8 cm³/mol. The van der Waals surface area contributed by atoms with Gasteiger partial charge in [0.25, 0.3) is 0 Å². The Morgan fingerprint density at radius 2 is 1.88 bits per heavy atom. The number of hydrogen-bond acceptors (Lipinski definition) is 6. The maximum Gasteiger partial charge on any atom is 0.338 e. The normalized spacial score (nSPS) is 19.0. The van der Waals surface area contributed by atoms with Crippen LogP contribution in [-0.4, -0.2) is 62.4 Å². The zero-order valence-corrected chi connectivity index (χ0v) is 15.1. The number of carbonyl (C=O) groups excluding carboxylic acids is 2. The van der Waals surface area contributed by atoms with Crippen LogP contribution in [0, 0.1) is 5.41 Å². The number of esters is 1. The summed E-state index contributed by atoms with van der Waals surface area (Å²) in [5, 5.41) is 11.9. The lowest BCUT2D eigenvalue weighted by Gasteiger charge is -2.22. The number of aliphatic carboxylic acids is 1. The van der Waals surface area contributed by atoms with E-state index in [2.05, 4.69) is 5.32 Å². The number of carboxylic acid groups (broad SMARTS) is 1. The average molecular weight is 366 g/mol. The van der Waals surface area contributed by atoms with E-state index in [1.54, 1.807) is 6.92 Å². The molecular formula is C17H22N2O7. The number of nitrogens with one attached hydrogen (secondary N) is 1. The fourth-order valence-corrected chi connectivity index (χ4v) is 2.80. The van der Waals surface area contributed by atoms with Crippen molar-refractivity contribution in [2.75, 3.05) is 39.7 Å². The summed E-state index contributed by atoms with van der Waals surface area (Å²) in [5.41, 5.74) is -0.578. The van der Waals surface area contributed by atoms with Gasteiger partial charge in [0, 0.05) is 13.1 Å². The van der Waals surface area contributed by atoms with Gasteiger partial charge in [-0.25, -0.2) is 9.59 Å². The molecule has 0 spiro atoms. The second-order valence-electron chi connectivity index (χ2n) is 6.22. The van der Waals surface area contributed by atoms with Crippen molar-refractivity contribution >= 4 is 23.7 Å². The van der Waals surface area contributed by atoms with Crippen LogP contribution in [0.3, 0.4) is 0 Å². The number of carboxylic acids is 1. The second-order valence-corrected chi connectivity index (χ2v) is 6.22. The molecule has 0 saturated carbocycles. The van der Waals surface area contributed by atoms with Crippen LogP contribution in [0.25, 0.3) is 0 Å². The van der Waals surface area contributed by atoms with Crippen molar-refractivity contribution in [3.8, 4) is 11.5 Å². The molecule has 0 aliphatic carbocycles. The molecule has 0 radical (unpaired) electrons. The standard InChI is InChI=1S/C17H22N2O7/c1-17(15(21)22)5-6-19(9-17)16(23)18-11-7-10(14(20)26-4)8-12(24-2)13(11)25-3/h7-8H,5-6,9H2,1-4H3,(H,18,23)(H,21,22). The van der Waals surface area contributed by atoms with Crippen LogP contribution in [0.2, 0.25) is 0 Å². The van der Waals surface area contributed by atoms with Gasteiger partial charge >= 0.3 is 18.0 Å². The Morgan fingerprint density at radius 3 is 2.38 bits per heavy atom. The van der Waals surface area contributed by atoms with Gasteiger partial charge < -0.3 is 29.5 Å². The summed E-state index contributed by atoms with van der Waals surface area (Å²) in [6.45, 7) is 2.00. The summed E-state index contributed by atoms with van der Waals surface area (Å²) in [6, 6.07) is 2.37. The Bertz CT molecular complexity index is 734. The fraction of sp³-hybridized carbons (Fsp3) is 0.471. The van der Waals surface area contributed by atoms with Crippen molar-refractivity contribution < 1.29 is 33.7 Å². The lowest BCUT2D eigenvalue weighted by Crippen LogP contribution is -2.37. The molecule has 142 valence electrons. The van der Waals surface area contributed by atoms with Gasteiger partial charge in [-0.1, -0.05) is 0 Å². The molecule has 2 amide bonds. The van der Waals surface area contributed by atoms with Gasteiger partial charge in [-0.05, 0) is 25.5 Å². The monoisotopic (exact) mass is 366 g/mol. The number of anilines is 1. The van der Waals surface area contributed by atoms with Gasteiger partial charge in [0.15, 0.2) is 11.5 Å². The summed E-state index contributed by atoms with van der Waals surface area (Å²) >= 11 is 0. The maximum absolute atomic E-state index is 12.6. The molecule has 2 N–H and O–H groups in total. The number of benzene rings is 1. The molecule has 0 aromatic heterocycles. The molecule has 1 aliphatic heterocycles. The van der Waals surface area contributed by atoms with Gasteiger partial charge in [0.1, 0.15) is 0 Å². The molecule has 9 heteroatoms. The molecule has 1 aliphatic rings. The zero-order valence-electron chi connectivity index (χ0n) is 15.1. The first-order chi connectivity index (χ1) is 12.3. The van der Waals surface area contributed by atoms with Crippen LogP contribution in [0.1, 0.15) is 23.7 Å². The van der Waals surface area contributed by atoms with Crippen molar-refractivity contribution in [2.24, 2.45) is 5.41 Å². The van der Waals surface area contributed by atoms with Crippen molar-refractivity contribution in [3.05, 3.63) is 17.7 Å². The number of ether oxygens (including phenoxy) is 3. The number of urea groups is 1. The molecule has 0 bridgehead atoms. The number of methoxy groups -OCH3 is 3. The predicted octanol–water partition coefficient (Wildman–Crippen LogP) is 1.82. The molecule has 26 heavy (non-hydrogen) atoms. The number of amides is 2. The average Bonchev–Trinajstić information content (AvgIpc) is 3.04. The van der Waals surface area contributed by atoms with E-state index in [9.17, 15) is 19.5 Å². The van der Waals surface area contributed by atoms with Crippen LogP contribution >= 0.6 is 0 Å². The lowest BCUT2D eigenvalue weighted by atomic mass is 9.90. The molecule has 1 saturated heterocycles. The summed E-state index contributed by atoms with van der Waals surface area (Å²) < 4.78 is 15.2. The molecule has 1 heterocycles. The number of carbonyl (C=O) groups is 3. The van der Waals surface area contributed by atoms with Crippen LogP contribution in [-0.2, 0) is 9.53 Å². The van der Waals surface area contributed by atoms with Crippen LogP contribution in [0.4, 0.5) is 10.5 Å². The van der Waals surface area contributed by atoms with E-state index in [0.717, 1.165) is 0 Å². The van der Waals surface area contributed by atoms with Crippen molar-refractivity contribution in [1.82, 2.24) is 4.90 Å². The van der Waals surface area contributed by atoms with Crippen LogP contribution in [0.15, 0.2) is 12.1 Å². The van der Waals surface area contributed by atoms with E-state index in [1.807, 2.05) is 0 Å². The minimum atomic E-state index is -0.979. The third-order valence-electron chi connectivity index (χ3n) is 4.42. The molecule has 1 aromatic carbocycles. The Kier molecular flexibility index (Phi) is 5.59. The van der Waals surface area contributed by atoms with Gasteiger partial charge in [0.2, 0.25) is 0 Å². The second kappa shape index (κ2) is 7.51. The smallest absolute Gasteiger partial charge is 0.338 e. The van der Waals surface area contributed by atoms with Gasteiger partial charge in [0.05, 0.1) is 38.0 Å². The molecule has 9 nitrogen and oxygen atoms in total. The van der Waals surface area contributed by atoms with E-state index in [0.29, 0.717) is 13.0 Å². The van der Waals surface area contributed by atoms with Crippen LogP contribution < -0.4 is 14.8 Å². The molecule has 1 fully saturated rings. The maximum atomic E-state index is 12.6. The van der Waals surface area contributed by atoms with Gasteiger partial charge in [-0.3, -0.25) is 4.79 Å². The highest BCUT2D eigenvalue weighted by atomic mass is 16.5. The first kappa shape index (κ1) is 19.4. The molecule has 2 rings (SSSR count). The SMILES string of the molecule is COC(=O)c1cc(NC(=O)N2CCC(C)(C(=O)O)C2)c(OC)c(OC)c1. The summed E-state index contributed by atoms with van der Waals surface area (Å²) in [7, 11) is 4.06. The molecule has 1 atom stereocenters.